The first-order valence-corrected chi connectivity index (χ1v) is 9.62. The summed E-state index contributed by atoms with van der Waals surface area (Å²) in [5, 5.41) is 13.8. The Hall–Kier alpha value is -3.53. The molecule has 0 aliphatic heterocycles. The highest BCUT2D eigenvalue weighted by molar-refractivity contribution is 6.05. The Balaban J connectivity index is 2.21. The van der Waals surface area contributed by atoms with Gasteiger partial charge in [-0.1, -0.05) is 12.1 Å². The van der Waals surface area contributed by atoms with Crippen LogP contribution in [-0.4, -0.2) is 42.5 Å². The molecule has 0 spiro atoms. The number of ether oxygens (including phenoxy) is 2. The third-order valence-electron chi connectivity index (χ3n) is 3.80. The van der Waals surface area contributed by atoms with Gasteiger partial charge in [0.2, 0.25) is 0 Å². The molecule has 10 heteroatoms. The van der Waals surface area contributed by atoms with E-state index < -0.39 is 23.9 Å². The molecule has 2 aromatic carbocycles. The van der Waals surface area contributed by atoms with E-state index in [1.54, 1.807) is 12.1 Å². The number of rotatable bonds is 9. The average molecular weight is 452 g/mol. The lowest BCUT2D eigenvalue weighted by molar-refractivity contribution is -0.274. The van der Waals surface area contributed by atoms with Gasteiger partial charge in [-0.3, -0.25) is 9.59 Å². The molecule has 0 aromatic heterocycles. The van der Waals surface area contributed by atoms with Gasteiger partial charge < -0.3 is 25.2 Å². The molecule has 2 rings (SSSR count). The predicted octanol–water partition coefficient (Wildman–Crippen LogP) is 3.25. The highest BCUT2D eigenvalue weighted by Crippen LogP contribution is 2.23. The summed E-state index contributed by atoms with van der Waals surface area (Å²) >= 11 is 0. The van der Waals surface area contributed by atoms with E-state index in [1.807, 2.05) is 13.8 Å². The van der Waals surface area contributed by atoms with Crippen molar-refractivity contribution in [1.82, 2.24) is 10.6 Å². The molecule has 0 heterocycles. The van der Waals surface area contributed by atoms with E-state index in [-0.39, 0.29) is 30.5 Å². The first kappa shape index (κ1) is 24.7. The summed E-state index contributed by atoms with van der Waals surface area (Å²) in [6, 6.07) is 11.0. The van der Waals surface area contributed by atoms with Gasteiger partial charge in [0, 0.05) is 12.1 Å². The van der Waals surface area contributed by atoms with Crippen molar-refractivity contribution in [3.63, 3.8) is 0 Å². The molecule has 0 saturated heterocycles. The summed E-state index contributed by atoms with van der Waals surface area (Å²) in [7, 11) is 0. The number of carbonyl (C=O) groups excluding carboxylic acids is 2. The van der Waals surface area contributed by atoms with Crippen LogP contribution in [-0.2, 0) is 4.79 Å². The van der Waals surface area contributed by atoms with Gasteiger partial charge in [-0.15, -0.1) is 13.2 Å². The van der Waals surface area contributed by atoms with Gasteiger partial charge in [-0.25, -0.2) is 0 Å². The summed E-state index contributed by atoms with van der Waals surface area (Å²) in [4.78, 5) is 25.0. The van der Waals surface area contributed by atoms with Gasteiger partial charge >= 0.3 is 6.36 Å². The molecule has 3 N–H and O–H groups in total. The largest absolute Gasteiger partial charge is 0.573 e. The second-order valence-electron chi connectivity index (χ2n) is 6.80. The lowest BCUT2D eigenvalue weighted by Gasteiger charge is -2.12. The fourth-order valence-electron chi connectivity index (χ4n) is 2.51. The molecular weight excluding hydrogens is 429 g/mol. The van der Waals surface area contributed by atoms with Crippen molar-refractivity contribution < 1.29 is 37.3 Å². The van der Waals surface area contributed by atoms with Gasteiger partial charge in [0.05, 0.1) is 12.7 Å². The van der Waals surface area contributed by atoms with E-state index in [0.717, 1.165) is 12.1 Å². The number of alkyl halides is 3. The first-order valence-electron chi connectivity index (χ1n) is 9.62. The smallest absolute Gasteiger partial charge is 0.491 e. The number of aliphatic hydroxyl groups excluding tert-OH is 1. The van der Waals surface area contributed by atoms with E-state index in [2.05, 4.69) is 15.4 Å². The fraction of sp³-hybridized carbons (Fsp3) is 0.273. The third-order valence-corrected chi connectivity index (χ3v) is 3.80. The van der Waals surface area contributed by atoms with Gasteiger partial charge in [0.15, 0.2) is 0 Å². The van der Waals surface area contributed by atoms with Crippen LogP contribution in [0.3, 0.4) is 0 Å². The molecular formula is C22H23F3N2O5. The van der Waals surface area contributed by atoms with Crippen LogP contribution in [0.25, 0.3) is 6.08 Å². The molecule has 0 fully saturated rings. The molecule has 32 heavy (non-hydrogen) atoms. The average Bonchev–Trinajstić information content (AvgIpc) is 2.71. The van der Waals surface area contributed by atoms with Crippen LogP contribution in [0.15, 0.2) is 54.2 Å². The molecule has 0 saturated carbocycles. The molecule has 2 amide bonds. The zero-order valence-corrected chi connectivity index (χ0v) is 17.4. The molecule has 2 aromatic rings. The Kier molecular flexibility index (Phi) is 8.65. The lowest BCUT2D eigenvalue weighted by Crippen LogP contribution is -2.36. The minimum atomic E-state index is -4.82. The van der Waals surface area contributed by atoms with Crippen molar-refractivity contribution in [3.05, 3.63) is 65.4 Å². The standard InChI is InChI=1S/C22H23F3N2O5/c1-14(2)31-17-9-5-16(6-10-17)20(29)27-19(21(30)26-11-12-28)13-15-3-7-18(8-4-15)32-22(23,24)25/h3-10,13-14,28H,11-12H2,1-2H3,(H,26,30)(H,27,29)/b19-13+. The van der Waals surface area contributed by atoms with Crippen molar-refractivity contribution in [1.29, 1.82) is 0 Å². The number of nitrogens with one attached hydrogen (secondary N) is 2. The molecule has 0 radical (unpaired) electrons. The maximum Gasteiger partial charge on any atom is 0.573 e. The summed E-state index contributed by atoms with van der Waals surface area (Å²) in [6.07, 6.45) is -3.57. The van der Waals surface area contributed by atoms with E-state index in [4.69, 9.17) is 9.84 Å². The van der Waals surface area contributed by atoms with Crippen LogP contribution in [0.1, 0.15) is 29.8 Å². The molecule has 0 aliphatic carbocycles. The number of benzene rings is 2. The topological polar surface area (TPSA) is 96.9 Å². The third kappa shape index (κ3) is 8.31. The second-order valence-corrected chi connectivity index (χ2v) is 6.80. The van der Waals surface area contributed by atoms with Gasteiger partial charge in [-0.05, 0) is 61.9 Å². The van der Waals surface area contributed by atoms with Crippen LogP contribution in [0.2, 0.25) is 0 Å². The van der Waals surface area contributed by atoms with E-state index in [0.29, 0.717) is 11.3 Å². The molecule has 0 bridgehead atoms. The van der Waals surface area contributed by atoms with Crippen molar-refractivity contribution in [2.24, 2.45) is 0 Å². The van der Waals surface area contributed by atoms with Gasteiger partial charge in [-0.2, -0.15) is 0 Å². The highest BCUT2D eigenvalue weighted by Gasteiger charge is 2.30. The molecule has 7 nitrogen and oxygen atoms in total. The Morgan fingerprint density at radius 2 is 1.62 bits per heavy atom. The summed E-state index contributed by atoms with van der Waals surface area (Å²) in [5.74, 6) is -1.10. The van der Waals surface area contributed by atoms with Crippen molar-refractivity contribution in [3.8, 4) is 11.5 Å². The van der Waals surface area contributed by atoms with Crippen LogP contribution in [0.4, 0.5) is 13.2 Å². The SMILES string of the molecule is CC(C)Oc1ccc(C(=O)N/C(=C/c2ccc(OC(F)(F)F)cc2)C(=O)NCCO)cc1. The number of hydrogen-bond acceptors (Lipinski definition) is 5. The summed E-state index contributed by atoms with van der Waals surface area (Å²) < 4.78 is 46.2. The van der Waals surface area contributed by atoms with Crippen LogP contribution in [0, 0.1) is 0 Å². The molecule has 0 unspecified atom stereocenters. The molecule has 0 atom stereocenters. The quantitative estimate of drug-likeness (QED) is 0.508. The van der Waals surface area contributed by atoms with Gasteiger partial charge in [0.25, 0.3) is 11.8 Å². The molecule has 0 aliphatic rings. The van der Waals surface area contributed by atoms with Crippen molar-refractivity contribution in [2.45, 2.75) is 26.3 Å². The number of hydrogen-bond donors (Lipinski definition) is 3. The Morgan fingerprint density at radius 3 is 2.16 bits per heavy atom. The number of carbonyl (C=O) groups is 2. The minimum absolute atomic E-state index is 0.0349. The van der Waals surface area contributed by atoms with Crippen LogP contribution < -0.4 is 20.1 Å². The maximum atomic E-state index is 12.6. The predicted molar refractivity (Wildman–Crippen MR) is 111 cm³/mol. The van der Waals surface area contributed by atoms with Crippen molar-refractivity contribution >= 4 is 17.9 Å². The first-order chi connectivity index (χ1) is 15.1. The van der Waals surface area contributed by atoms with Gasteiger partial charge in [0.1, 0.15) is 17.2 Å². The maximum absolute atomic E-state index is 12.6. The van der Waals surface area contributed by atoms with Crippen LogP contribution in [0.5, 0.6) is 11.5 Å². The normalized spacial score (nSPS) is 11.8. The monoisotopic (exact) mass is 452 g/mol. The Bertz CT molecular complexity index is 940. The summed E-state index contributed by atoms with van der Waals surface area (Å²) in [5.41, 5.74) is 0.445. The zero-order chi connectivity index (χ0) is 23.7. The summed E-state index contributed by atoms with van der Waals surface area (Å²) in [6.45, 7) is 3.37. The zero-order valence-electron chi connectivity index (χ0n) is 17.4. The number of amides is 2. The Morgan fingerprint density at radius 1 is 1.03 bits per heavy atom. The van der Waals surface area contributed by atoms with Crippen molar-refractivity contribution in [2.75, 3.05) is 13.2 Å². The Labute approximate surface area is 182 Å². The highest BCUT2D eigenvalue weighted by atomic mass is 19.4. The minimum Gasteiger partial charge on any atom is -0.491 e. The van der Waals surface area contributed by atoms with Crippen LogP contribution >= 0.6 is 0 Å². The number of halogens is 3. The van der Waals surface area contributed by atoms with E-state index in [9.17, 15) is 22.8 Å². The van der Waals surface area contributed by atoms with E-state index in [1.165, 1.54) is 30.3 Å². The second kappa shape index (κ2) is 11.2. The number of aliphatic hydroxyl groups is 1. The molecule has 172 valence electrons. The fourth-order valence-corrected chi connectivity index (χ4v) is 2.51. The van der Waals surface area contributed by atoms with E-state index >= 15 is 0 Å². The lowest BCUT2D eigenvalue weighted by atomic mass is 10.1.